The summed E-state index contributed by atoms with van der Waals surface area (Å²) in [5.74, 6) is 0.207. The van der Waals surface area contributed by atoms with E-state index in [4.69, 9.17) is 10.5 Å². The number of aryl methyl sites for hydroxylation is 1. The maximum absolute atomic E-state index is 13.0. The van der Waals surface area contributed by atoms with Gasteiger partial charge in [0.2, 0.25) is 5.91 Å². The number of thioether (sulfide) groups is 1. The Morgan fingerprint density at radius 3 is 2.66 bits per heavy atom. The number of rotatable bonds is 7. The number of H-pyrrole nitrogens is 1. The molecule has 2 heterocycles. The van der Waals surface area contributed by atoms with Crippen LogP contribution in [-0.4, -0.2) is 28.4 Å². The number of primary amides is 1. The van der Waals surface area contributed by atoms with E-state index in [1.165, 1.54) is 11.8 Å². The van der Waals surface area contributed by atoms with Crippen molar-refractivity contribution in [3.05, 3.63) is 81.1 Å². The molecule has 3 aromatic rings. The first-order chi connectivity index (χ1) is 15.4. The van der Waals surface area contributed by atoms with Crippen LogP contribution >= 0.6 is 11.8 Å². The highest BCUT2D eigenvalue weighted by Crippen LogP contribution is 2.35. The Morgan fingerprint density at radius 1 is 1.19 bits per heavy atom. The van der Waals surface area contributed by atoms with E-state index in [2.05, 4.69) is 15.3 Å². The van der Waals surface area contributed by atoms with Crippen LogP contribution in [0, 0.1) is 6.92 Å². The second-order valence-corrected chi connectivity index (χ2v) is 8.44. The van der Waals surface area contributed by atoms with Gasteiger partial charge in [-0.25, -0.2) is 4.98 Å². The molecule has 0 unspecified atom stereocenters. The zero-order chi connectivity index (χ0) is 22.7. The van der Waals surface area contributed by atoms with Crippen molar-refractivity contribution in [3.63, 3.8) is 0 Å². The molecule has 9 heteroatoms. The molecule has 1 aliphatic heterocycles. The molecular formula is C23H22N4O4S. The number of nitrogens with zero attached hydrogens (tertiary/aromatic N) is 1. The summed E-state index contributed by atoms with van der Waals surface area (Å²) in [6, 6.07) is 14.9. The lowest BCUT2D eigenvalue weighted by Crippen LogP contribution is -2.31. The van der Waals surface area contributed by atoms with Crippen LogP contribution in [0.4, 0.5) is 5.82 Å². The van der Waals surface area contributed by atoms with Crippen molar-refractivity contribution < 1.29 is 14.3 Å². The van der Waals surface area contributed by atoms with Crippen LogP contribution in [0.25, 0.3) is 0 Å². The molecule has 164 valence electrons. The Hall–Kier alpha value is -3.59. The minimum absolute atomic E-state index is 0.134. The standard InChI is InChI=1S/C23H22N4O4S/c1-13-4-2-3-5-15(13)12-32-23-26-21-20(22(30)27-23)17(10-19(29)25-21)14-6-8-16(9-7-14)31-11-18(24)28/h2-9,17H,10-12H2,1H3,(H2,24,28)(H2,25,26,27,29,30)/t17-/m1/s1. The second-order valence-electron chi connectivity index (χ2n) is 7.48. The van der Waals surface area contributed by atoms with Crippen LogP contribution < -0.4 is 21.3 Å². The lowest BCUT2D eigenvalue weighted by atomic mass is 9.87. The summed E-state index contributed by atoms with van der Waals surface area (Å²) in [6.07, 6.45) is 0.134. The first-order valence-corrected chi connectivity index (χ1v) is 11.0. The minimum Gasteiger partial charge on any atom is -0.484 e. The molecule has 1 aromatic heterocycles. The van der Waals surface area contributed by atoms with Gasteiger partial charge in [-0.1, -0.05) is 48.2 Å². The quantitative estimate of drug-likeness (QED) is 0.375. The fourth-order valence-corrected chi connectivity index (χ4v) is 4.51. The van der Waals surface area contributed by atoms with Crippen LogP contribution in [0.5, 0.6) is 5.75 Å². The predicted molar refractivity (Wildman–Crippen MR) is 122 cm³/mol. The van der Waals surface area contributed by atoms with Crippen molar-refractivity contribution in [2.75, 3.05) is 11.9 Å². The molecule has 0 aliphatic carbocycles. The van der Waals surface area contributed by atoms with Crippen molar-refractivity contribution in [3.8, 4) is 5.75 Å². The van der Waals surface area contributed by atoms with Gasteiger partial charge in [0.25, 0.3) is 11.5 Å². The van der Waals surface area contributed by atoms with Gasteiger partial charge in [0.15, 0.2) is 11.8 Å². The molecule has 1 atom stereocenters. The van der Waals surface area contributed by atoms with Crippen molar-refractivity contribution >= 4 is 29.4 Å². The van der Waals surface area contributed by atoms with Gasteiger partial charge >= 0.3 is 0 Å². The van der Waals surface area contributed by atoms with Gasteiger partial charge in [-0.2, -0.15) is 0 Å². The highest BCUT2D eigenvalue weighted by Gasteiger charge is 2.31. The third-order valence-corrected chi connectivity index (χ3v) is 6.14. The summed E-state index contributed by atoms with van der Waals surface area (Å²) in [4.78, 5) is 43.6. The third kappa shape index (κ3) is 4.83. The van der Waals surface area contributed by atoms with Gasteiger partial charge < -0.3 is 20.8 Å². The smallest absolute Gasteiger partial charge is 0.257 e. The number of benzene rings is 2. The first kappa shape index (κ1) is 21.6. The average molecular weight is 451 g/mol. The van der Waals surface area contributed by atoms with Gasteiger partial charge in [0.1, 0.15) is 11.6 Å². The molecule has 8 nitrogen and oxygen atoms in total. The van der Waals surface area contributed by atoms with Gasteiger partial charge in [-0.15, -0.1) is 0 Å². The minimum atomic E-state index is -0.569. The number of nitrogens with two attached hydrogens (primary N) is 1. The highest BCUT2D eigenvalue weighted by atomic mass is 32.2. The van der Waals surface area contributed by atoms with E-state index in [0.29, 0.717) is 22.2 Å². The van der Waals surface area contributed by atoms with E-state index < -0.39 is 11.8 Å². The molecule has 0 spiro atoms. The Morgan fingerprint density at radius 2 is 1.94 bits per heavy atom. The Kier molecular flexibility index (Phi) is 6.27. The Balaban J connectivity index is 1.58. The lowest BCUT2D eigenvalue weighted by Gasteiger charge is -2.24. The molecule has 2 amide bonds. The number of fused-ring (bicyclic) bond motifs is 1. The average Bonchev–Trinajstić information content (AvgIpc) is 2.76. The number of amides is 2. The van der Waals surface area contributed by atoms with E-state index in [9.17, 15) is 14.4 Å². The molecule has 0 saturated heterocycles. The van der Waals surface area contributed by atoms with Crippen LogP contribution in [-0.2, 0) is 15.3 Å². The number of carbonyl (C=O) groups is 2. The molecule has 0 fully saturated rings. The van der Waals surface area contributed by atoms with Crippen molar-refractivity contribution in [2.24, 2.45) is 5.73 Å². The van der Waals surface area contributed by atoms with Crippen LogP contribution in [0.15, 0.2) is 58.5 Å². The summed E-state index contributed by atoms with van der Waals surface area (Å²) in [5, 5.41) is 3.19. The third-order valence-electron chi connectivity index (χ3n) is 5.22. The summed E-state index contributed by atoms with van der Waals surface area (Å²) in [7, 11) is 0. The number of ether oxygens (including phenoxy) is 1. The molecular weight excluding hydrogens is 428 g/mol. The molecule has 0 bridgehead atoms. The summed E-state index contributed by atoms with van der Waals surface area (Å²) < 4.78 is 5.27. The Bertz CT molecular complexity index is 1220. The number of anilines is 1. The number of nitrogens with one attached hydrogen (secondary N) is 2. The first-order valence-electron chi connectivity index (χ1n) is 10.0. The predicted octanol–water partition coefficient (Wildman–Crippen LogP) is 2.71. The number of aromatic nitrogens is 2. The number of aromatic amines is 1. The van der Waals surface area contributed by atoms with E-state index in [1.807, 2.05) is 31.2 Å². The van der Waals surface area contributed by atoms with Gasteiger partial charge in [0, 0.05) is 18.1 Å². The van der Waals surface area contributed by atoms with Gasteiger partial charge in [-0.3, -0.25) is 14.4 Å². The molecule has 4 rings (SSSR count). The monoisotopic (exact) mass is 450 g/mol. The molecule has 2 aromatic carbocycles. The Labute approximate surface area is 188 Å². The van der Waals surface area contributed by atoms with E-state index in [0.717, 1.165) is 16.7 Å². The van der Waals surface area contributed by atoms with Crippen LogP contribution in [0.2, 0.25) is 0 Å². The fourth-order valence-electron chi connectivity index (χ4n) is 3.57. The van der Waals surface area contributed by atoms with E-state index in [-0.39, 0.29) is 30.3 Å². The summed E-state index contributed by atoms with van der Waals surface area (Å²) in [5.41, 5.74) is 8.33. The summed E-state index contributed by atoms with van der Waals surface area (Å²) >= 11 is 1.41. The zero-order valence-corrected chi connectivity index (χ0v) is 18.2. The SMILES string of the molecule is Cc1ccccc1CSc1nc2c(c(=O)[nH]1)[C@@H](c1ccc(OCC(N)=O)cc1)CC(=O)N2. The molecule has 0 radical (unpaired) electrons. The van der Waals surface area contributed by atoms with E-state index >= 15 is 0 Å². The van der Waals surface area contributed by atoms with E-state index in [1.54, 1.807) is 24.3 Å². The van der Waals surface area contributed by atoms with Gasteiger partial charge in [0.05, 0.1) is 5.56 Å². The summed E-state index contributed by atoms with van der Waals surface area (Å²) in [6.45, 7) is 1.81. The lowest BCUT2D eigenvalue weighted by molar-refractivity contribution is -0.120. The largest absolute Gasteiger partial charge is 0.484 e. The number of hydrogen-bond donors (Lipinski definition) is 3. The molecule has 1 aliphatic rings. The van der Waals surface area contributed by atoms with Crippen LogP contribution in [0.3, 0.4) is 0 Å². The topological polar surface area (TPSA) is 127 Å². The normalized spacial score (nSPS) is 15.0. The van der Waals surface area contributed by atoms with Crippen molar-refractivity contribution in [1.82, 2.24) is 9.97 Å². The highest BCUT2D eigenvalue weighted by molar-refractivity contribution is 7.98. The number of hydrogen-bond acceptors (Lipinski definition) is 6. The zero-order valence-electron chi connectivity index (χ0n) is 17.4. The molecule has 4 N–H and O–H groups in total. The number of carbonyl (C=O) groups excluding carboxylic acids is 2. The molecule has 0 saturated carbocycles. The maximum Gasteiger partial charge on any atom is 0.257 e. The second kappa shape index (κ2) is 9.27. The van der Waals surface area contributed by atoms with Gasteiger partial charge in [-0.05, 0) is 35.7 Å². The maximum atomic E-state index is 13.0. The van der Waals surface area contributed by atoms with Crippen molar-refractivity contribution in [2.45, 2.75) is 30.2 Å². The fraction of sp³-hybridized carbons (Fsp3) is 0.217. The molecule has 32 heavy (non-hydrogen) atoms. The van der Waals surface area contributed by atoms with Crippen LogP contribution in [0.1, 0.15) is 34.6 Å². The van der Waals surface area contributed by atoms with Crippen molar-refractivity contribution in [1.29, 1.82) is 0 Å².